The van der Waals surface area contributed by atoms with Crippen LogP contribution in [0.2, 0.25) is 0 Å². The number of likely N-dealkylation sites (tertiary alicyclic amines) is 2. The minimum absolute atomic E-state index is 0.193. The smallest absolute Gasteiger partial charge is 0.227 e. The zero-order valence-electron chi connectivity index (χ0n) is 18.2. The van der Waals surface area contributed by atoms with Gasteiger partial charge in [-0.1, -0.05) is 36.4 Å². The lowest BCUT2D eigenvalue weighted by Gasteiger charge is -2.43. The van der Waals surface area contributed by atoms with Crippen molar-refractivity contribution in [1.29, 1.82) is 0 Å². The second-order valence-electron chi connectivity index (χ2n) is 9.32. The normalized spacial score (nSPS) is 25.3. The molecule has 3 aliphatic heterocycles. The molecule has 1 atom stereocenters. The first-order chi connectivity index (χ1) is 14.1. The summed E-state index contributed by atoms with van der Waals surface area (Å²) >= 11 is 0. The van der Waals surface area contributed by atoms with Crippen LogP contribution >= 0.6 is 0 Å². The molecule has 4 heteroatoms. The minimum atomic E-state index is 0.193. The average molecular weight is 396 g/mol. The number of rotatable bonds is 4. The Morgan fingerprint density at radius 3 is 2.41 bits per heavy atom. The molecule has 0 unspecified atom stereocenters. The summed E-state index contributed by atoms with van der Waals surface area (Å²) in [6, 6.07) is 11.9. The topological polar surface area (TPSA) is 26.8 Å². The average Bonchev–Trinajstić information content (AvgIpc) is 2.79. The molecule has 3 heterocycles. The van der Waals surface area contributed by atoms with Crippen LogP contribution in [-0.2, 0) is 4.79 Å². The van der Waals surface area contributed by atoms with E-state index in [-0.39, 0.29) is 5.92 Å². The van der Waals surface area contributed by atoms with Crippen LogP contribution in [0.3, 0.4) is 0 Å². The Bertz CT molecular complexity index is 706. The van der Waals surface area contributed by atoms with Crippen LogP contribution in [0.1, 0.15) is 51.5 Å². The number of benzene rings is 1. The van der Waals surface area contributed by atoms with Gasteiger partial charge < -0.3 is 9.80 Å². The summed E-state index contributed by atoms with van der Waals surface area (Å²) in [5.41, 5.74) is 2.69. The molecule has 29 heavy (non-hydrogen) atoms. The summed E-state index contributed by atoms with van der Waals surface area (Å²) in [4.78, 5) is 20.6. The summed E-state index contributed by atoms with van der Waals surface area (Å²) in [5.74, 6) is 0.580. The van der Waals surface area contributed by atoms with Crippen LogP contribution in [0.15, 0.2) is 36.4 Å². The Hall–Kier alpha value is -1.65. The van der Waals surface area contributed by atoms with E-state index in [1.807, 2.05) is 0 Å². The Morgan fingerprint density at radius 1 is 1.00 bits per heavy atom. The molecule has 0 aliphatic carbocycles. The first-order valence-corrected chi connectivity index (χ1v) is 11.6. The lowest BCUT2D eigenvalue weighted by molar-refractivity contribution is -0.137. The molecule has 0 radical (unpaired) electrons. The Morgan fingerprint density at radius 2 is 1.76 bits per heavy atom. The SMILES string of the molecule is CC(C)N1CCC(N2CCC[C@H](C(=O)N3CC=C(c4ccccc4)CC3)C2)CC1. The Labute approximate surface area is 176 Å². The minimum Gasteiger partial charge on any atom is -0.338 e. The molecule has 0 aromatic heterocycles. The number of amides is 1. The monoisotopic (exact) mass is 395 g/mol. The van der Waals surface area contributed by atoms with Crippen molar-refractivity contribution >= 4 is 11.5 Å². The summed E-state index contributed by atoms with van der Waals surface area (Å²) in [7, 11) is 0. The third kappa shape index (κ3) is 4.92. The molecule has 4 rings (SSSR count). The van der Waals surface area contributed by atoms with Crippen molar-refractivity contribution in [3.8, 4) is 0 Å². The van der Waals surface area contributed by atoms with Crippen LogP contribution in [-0.4, -0.2) is 72.0 Å². The molecule has 0 spiro atoms. The molecule has 2 fully saturated rings. The van der Waals surface area contributed by atoms with Gasteiger partial charge >= 0.3 is 0 Å². The highest BCUT2D eigenvalue weighted by atomic mass is 16.2. The summed E-state index contributed by atoms with van der Waals surface area (Å²) in [6.07, 6.45) is 7.97. The number of carbonyl (C=O) groups is 1. The van der Waals surface area contributed by atoms with E-state index in [0.29, 0.717) is 18.0 Å². The van der Waals surface area contributed by atoms with Gasteiger partial charge in [0.2, 0.25) is 5.91 Å². The van der Waals surface area contributed by atoms with Crippen molar-refractivity contribution in [3.05, 3.63) is 42.0 Å². The lowest BCUT2D eigenvalue weighted by atomic mass is 9.91. The lowest BCUT2D eigenvalue weighted by Crippen LogP contribution is -2.52. The van der Waals surface area contributed by atoms with Crippen LogP contribution in [0, 0.1) is 5.92 Å². The van der Waals surface area contributed by atoms with Gasteiger partial charge in [-0.05, 0) is 76.7 Å². The van der Waals surface area contributed by atoms with Crippen molar-refractivity contribution < 1.29 is 4.79 Å². The van der Waals surface area contributed by atoms with Gasteiger partial charge in [-0.2, -0.15) is 0 Å². The van der Waals surface area contributed by atoms with E-state index < -0.39 is 0 Å². The second kappa shape index (κ2) is 9.44. The fraction of sp³-hybridized carbons (Fsp3) is 0.640. The molecule has 4 nitrogen and oxygen atoms in total. The van der Waals surface area contributed by atoms with Crippen molar-refractivity contribution in [2.24, 2.45) is 5.92 Å². The van der Waals surface area contributed by atoms with E-state index in [1.165, 1.54) is 50.0 Å². The molecular formula is C25H37N3O. The van der Waals surface area contributed by atoms with Crippen LogP contribution in [0.5, 0.6) is 0 Å². The van der Waals surface area contributed by atoms with E-state index in [1.54, 1.807) is 0 Å². The highest BCUT2D eigenvalue weighted by molar-refractivity contribution is 5.80. The van der Waals surface area contributed by atoms with Gasteiger partial charge in [0, 0.05) is 31.7 Å². The highest BCUT2D eigenvalue weighted by Gasteiger charge is 2.34. The van der Waals surface area contributed by atoms with E-state index in [0.717, 1.165) is 32.5 Å². The van der Waals surface area contributed by atoms with Gasteiger partial charge in [0.1, 0.15) is 0 Å². The van der Waals surface area contributed by atoms with Gasteiger partial charge in [0.25, 0.3) is 0 Å². The van der Waals surface area contributed by atoms with Gasteiger partial charge in [-0.15, -0.1) is 0 Å². The van der Waals surface area contributed by atoms with E-state index in [9.17, 15) is 4.79 Å². The Kier molecular flexibility index (Phi) is 6.71. The van der Waals surface area contributed by atoms with E-state index >= 15 is 0 Å². The quantitative estimate of drug-likeness (QED) is 0.774. The maximum atomic E-state index is 13.2. The zero-order valence-corrected chi connectivity index (χ0v) is 18.2. The number of hydrogen-bond acceptors (Lipinski definition) is 3. The molecule has 3 aliphatic rings. The summed E-state index contributed by atoms with van der Waals surface area (Å²) in [5, 5.41) is 0. The second-order valence-corrected chi connectivity index (χ2v) is 9.32. The molecule has 2 saturated heterocycles. The number of hydrogen-bond donors (Lipinski definition) is 0. The van der Waals surface area contributed by atoms with Crippen molar-refractivity contribution in [2.45, 2.75) is 58.0 Å². The summed E-state index contributed by atoms with van der Waals surface area (Å²) in [6.45, 7) is 10.8. The third-order valence-electron chi connectivity index (χ3n) is 7.21. The van der Waals surface area contributed by atoms with Crippen LogP contribution in [0.4, 0.5) is 0 Å². The molecule has 0 N–H and O–H groups in total. The van der Waals surface area contributed by atoms with Crippen molar-refractivity contribution in [1.82, 2.24) is 14.7 Å². The van der Waals surface area contributed by atoms with Gasteiger partial charge in [-0.25, -0.2) is 0 Å². The van der Waals surface area contributed by atoms with Crippen LogP contribution < -0.4 is 0 Å². The Balaban J connectivity index is 1.31. The molecule has 1 aromatic carbocycles. The molecule has 158 valence electrons. The maximum Gasteiger partial charge on any atom is 0.227 e. The standard InChI is InChI=1S/C25H37N3O/c1-20(2)26-17-12-24(13-18-26)28-14-6-9-23(19-28)25(29)27-15-10-22(11-16-27)21-7-4-3-5-8-21/h3-5,7-8,10,20,23-24H,6,9,11-19H2,1-2H3/t23-/m0/s1. The van der Waals surface area contributed by atoms with E-state index in [4.69, 9.17) is 0 Å². The van der Waals surface area contributed by atoms with Crippen molar-refractivity contribution in [3.63, 3.8) is 0 Å². The molecule has 1 amide bonds. The van der Waals surface area contributed by atoms with E-state index in [2.05, 4.69) is 65.0 Å². The number of nitrogens with zero attached hydrogens (tertiary/aromatic N) is 3. The maximum absolute atomic E-state index is 13.2. The van der Waals surface area contributed by atoms with Crippen molar-refractivity contribution in [2.75, 3.05) is 39.3 Å². The van der Waals surface area contributed by atoms with Crippen LogP contribution in [0.25, 0.3) is 5.57 Å². The predicted octanol–water partition coefficient (Wildman–Crippen LogP) is 3.89. The van der Waals surface area contributed by atoms with Gasteiger partial charge in [0.05, 0.1) is 5.92 Å². The molecule has 0 saturated carbocycles. The third-order valence-corrected chi connectivity index (χ3v) is 7.21. The highest BCUT2D eigenvalue weighted by Crippen LogP contribution is 2.28. The van der Waals surface area contributed by atoms with Gasteiger partial charge in [-0.3, -0.25) is 9.69 Å². The largest absolute Gasteiger partial charge is 0.338 e. The zero-order chi connectivity index (χ0) is 20.2. The fourth-order valence-electron chi connectivity index (χ4n) is 5.35. The van der Waals surface area contributed by atoms with Gasteiger partial charge in [0.15, 0.2) is 0 Å². The molecule has 1 aromatic rings. The molecular weight excluding hydrogens is 358 g/mol. The molecule has 0 bridgehead atoms. The number of piperidine rings is 2. The first-order valence-electron chi connectivity index (χ1n) is 11.6. The summed E-state index contributed by atoms with van der Waals surface area (Å²) < 4.78 is 0. The fourth-order valence-corrected chi connectivity index (χ4v) is 5.35. The predicted molar refractivity (Wildman–Crippen MR) is 120 cm³/mol. The first kappa shape index (κ1) is 20.6. The number of carbonyl (C=O) groups excluding carboxylic acids is 1.